The number of rotatable bonds is 3. The topological polar surface area (TPSA) is 81.7 Å². The van der Waals surface area contributed by atoms with Crippen LogP contribution in [-0.4, -0.2) is 23.1 Å². The second-order valence-electron chi connectivity index (χ2n) is 8.59. The van der Waals surface area contributed by atoms with E-state index in [0.29, 0.717) is 22.9 Å². The summed E-state index contributed by atoms with van der Waals surface area (Å²) in [6.07, 6.45) is 4.12. The van der Waals surface area contributed by atoms with E-state index in [1.165, 1.54) is 4.90 Å². The lowest BCUT2D eigenvalue weighted by Crippen LogP contribution is -2.64. The fraction of sp³-hybridized carbons (Fsp3) is 0.417. The minimum Gasteiger partial charge on any atom is -0.359 e. The lowest BCUT2D eigenvalue weighted by Gasteiger charge is -2.44. The first-order valence-corrected chi connectivity index (χ1v) is 10.6. The molecule has 0 spiro atoms. The predicted octanol–water partition coefficient (Wildman–Crippen LogP) is 4.20. The van der Waals surface area contributed by atoms with Crippen LogP contribution in [0.1, 0.15) is 49.3 Å². The van der Waals surface area contributed by atoms with Crippen molar-refractivity contribution in [3.63, 3.8) is 0 Å². The number of anilines is 2. The van der Waals surface area contributed by atoms with Crippen LogP contribution in [0.2, 0.25) is 0 Å². The van der Waals surface area contributed by atoms with Crippen LogP contribution in [0.3, 0.4) is 0 Å². The van der Waals surface area contributed by atoms with Crippen molar-refractivity contribution in [1.82, 2.24) is 5.32 Å². The maximum Gasteiger partial charge on any atom is 0.329 e. The van der Waals surface area contributed by atoms with Crippen molar-refractivity contribution in [1.29, 1.82) is 0 Å². The maximum absolute atomic E-state index is 13.6. The summed E-state index contributed by atoms with van der Waals surface area (Å²) < 4.78 is 0. The van der Waals surface area contributed by atoms with E-state index in [1.807, 2.05) is 26.0 Å². The smallest absolute Gasteiger partial charge is 0.329 e. The third-order valence-electron chi connectivity index (χ3n) is 6.56. The Kier molecular flexibility index (Phi) is 5.28. The van der Waals surface area contributed by atoms with Gasteiger partial charge in [0.2, 0.25) is 0 Å². The molecule has 0 saturated heterocycles. The van der Waals surface area contributed by atoms with Gasteiger partial charge in [-0.3, -0.25) is 9.69 Å². The average molecular weight is 408 g/mol. The molecule has 2 aliphatic rings. The second-order valence-corrected chi connectivity index (χ2v) is 8.59. The lowest BCUT2D eigenvalue weighted by atomic mass is 9.85. The van der Waals surface area contributed by atoms with E-state index in [0.717, 1.165) is 36.8 Å². The van der Waals surface area contributed by atoms with Gasteiger partial charge in [0.25, 0.3) is 11.6 Å². The number of benzene rings is 2. The van der Waals surface area contributed by atoms with Crippen molar-refractivity contribution in [3.8, 4) is 0 Å². The van der Waals surface area contributed by atoms with E-state index in [4.69, 9.17) is 0 Å². The van der Waals surface area contributed by atoms with Gasteiger partial charge in [-0.1, -0.05) is 44.0 Å². The van der Waals surface area contributed by atoms with Gasteiger partial charge in [-0.25, -0.2) is 4.79 Å². The van der Waals surface area contributed by atoms with Crippen molar-refractivity contribution in [2.24, 2.45) is 5.92 Å². The van der Waals surface area contributed by atoms with E-state index < -0.39 is 17.7 Å². The molecule has 4 rings (SSSR count). The number of fused-ring (bicyclic) bond motifs is 1. The molecule has 0 bridgehead atoms. The molecule has 2 aromatic rings. The zero-order chi connectivity index (χ0) is 21.5. The molecule has 1 heterocycles. The SMILES string of the molecule is Cc1ccc(N2C(=O)Nc3ccccc3[C@]2(O)C(=O)N[C@H]2CCCC[C@H]2C)cc1C. The molecule has 158 valence electrons. The number of nitrogens with zero attached hydrogens (tertiary/aromatic N) is 1. The standard InChI is InChI=1S/C24H29N3O3/c1-15-12-13-18(14-17(15)3)27-23(29)26-21-11-7-5-9-19(21)24(27,30)22(28)25-20-10-6-4-8-16(20)2/h5,7,9,11-14,16,20,30H,4,6,8,10H2,1-3H3,(H,25,28)(H,26,29)/t16-,20+,24+/m1/s1. The summed E-state index contributed by atoms with van der Waals surface area (Å²) >= 11 is 0. The summed E-state index contributed by atoms with van der Waals surface area (Å²) in [6.45, 7) is 6.04. The molecule has 2 aromatic carbocycles. The Hall–Kier alpha value is -2.86. The Morgan fingerprint density at radius 1 is 1.13 bits per heavy atom. The van der Waals surface area contributed by atoms with E-state index in [-0.39, 0.29) is 6.04 Å². The number of para-hydroxylation sites is 1. The highest BCUT2D eigenvalue weighted by Crippen LogP contribution is 2.40. The Labute approximate surface area is 177 Å². The van der Waals surface area contributed by atoms with Gasteiger partial charge < -0.3 is 15.7 Å². The van der Waals surface area contributed by atoms with Crippen molar-refractivity contribution >= 4 is 23.3 Å². The molecule has 1 fully saturated rings. The summed E-state index contributed by atoms with van der Waals surface area (Å²) in [5.41, 5.74) is 1.18. The Bertz CT molecular complexity index is 989. The fourth-order valence-corrected chi connectivity index (χ4v) is 4.53. The van der Waals surface area contributed by atoms with E-state index >= 15 is 0 Å². The Balaban J connectivity index is 1.80. The molecular formula is C24H29N3O3. The second kappa shape index (κ2) is 7.76. The number of aryl methyl sites for hydroxylation is 2. The van der Waals surface area contributed by atoms with Crippen LogP contribution >= 0.6 is 0 Å². The number of carbonyl (C=O) groups excluding carboxylic acids is 2. The van der Waals surface area contributed by atoms with Crippen molar-refractivity contribution < 1.29 is 14.7 Å². The third kappa shape index (κ3) is 3.35. The molecule has 30 heavy (non-hydrogen) atoms. The third-order valence-corrected chi connectivity index (χ3v) is 6.56. The molecule has 3 amide bonds. The number of hydrogen-bond acceptors (Lipinski definition) is 3. The number of urea groups is 1. The molecule has 1 aliphatic carbocycles. The van der Waals surface area contributed by atoms with Crippen LogP contribution < -0.4 is 15.5 Å². The highest BCUT2D eigenvalue weighted by atomic mass is 16.3. The summed E-state index contributed by atoms with van der Waals surface area (Å²) in [4.78, 5) is 27.9. The van der Waals surface area contributed by atoms with Gasteiger partial charge in [0.15, 0.2) is 0 Å². The van der Waals surface area contributed by atoms with Gasteiger partial charge in [0.05, 0.1) is 5.69 Å². The van der Waals surface area contributed by atoms with Gasteiger partial charge in [-0.05, 0) is 61.9 Å². The van der Waals surface area contributed by atoms with Gasteiger partial charge in [0, 0.05) is 17.3 Å². The zero-order valence-electron chi connectivity index (χ0n) is 17.7. The maximum atomic E-state index is 13.6. The minimum absolute atomic E-state index is 0.0194. The lowest BCUT2D eigenvalue weighted by molar-refractivity contribution is -0.141. The molecule has 0 radical (unpaired) electrons. The zero-order valence-corrected chi connectivity index (χ0v) is 17.7. The highest BCUT2D eigenvalue weighted by Gasteiger charge is 2.52. The molecule has 6 heteroatoms. The number of hydrogen-bond donors (Lipinski definition) is 3. The van der Waals surface area contributed by atoms with Crippen LogP contribution in [0.25, 0.3) is 0 Å². The van der Waals surface area contributed by atoms with Crippen LogP contribution in [0.5, 0.6) is 0 Å². The van der Waals surface area contributed by atoms with Crippen LogP contribution in [0.4, 0.5) is 16.2 Å². The van der Waals surface area contributed by atoms with Gasteiger partial charge in [-0.2, -0.15) is 0 Å². The molecule has 0 unspecified atom stereocenters. The molecular weight excluding hydrogens is 378 g/mol. The molecule has 0 aromatic heterocycles. The number of aliphatic hydroxyl groups is 1. The van der Waals surface area contributed by atoms with Crippen molar-refractivity contribution in [2.75, 3.05) is 10.2 Å². The normalized spacial score (nSPS) is 26.0. The van der Waals surface area contributed by atoms with E-state index in [2.05, 4.69) is 17.6 Å². The van der Waals surface area contributed by atoms with Crippen LogP contribution in [0.15, 0.2) is 42.5 Å². The van der Waals surface area contributed by atoms with Crippen molar-refractivity contribution in [2.45, 2.75) is 58.2 Å². The summed E-state index contributed by atoms with van der Waals surface area (Å²) in [7, 11) is 0. The fourth-order valence-electron chi connectivity index (χ4n) is 4.53. The highest BCUT2D eigenvalue weighted by molar-refractivity contribution is 6.11. The molecule has 1 saturated carbocycles. The molecule has 3 atom stereocenters. The quantitative estimate of drug-likeness (QED) is 0.713. The largest absolute Gasteiger partial charge is 0.359 e. The van der Waals surface area contributed by atoms with E-state index in [9.17, 15) is 14.7 Å². The Morgan fingerprint density at radius 3 is 2.60 bits per heavy atom. The van der Waals surface area contributed by atoms with Gasteiger partial charge >= 0.3 is 6.03 Å². The summed E-state index contributed by atoms with van der Waals surface area (Å²) in [6, 6.07) is 11.8. The van der Waals surface area contributed by atoms with Crippen LogP contribution in [-0.2, 0) is 10.5 Å². The molecule has 3 N–H and O–H groups in total. The van der Waals surface area contributed by atoms with Gasteiger partial charge in [-0.15, -0.1) is 0 Å². The minimum atomic E-state index is -2.14. The number of nitrogens with one attached hydrogen (secondary N) is 2. The van der Waals surface area contributed by atoms with Crippen LogP contribution in [0, 0.1) is 19.8 Å². The van der Waals surface area contributed by atoms with E-state index in [1.54, 1.807) is 30.3 Å². The molecule has 6 nitrogen and oxygen atoms in total. The number of amides is 3. The summed E-state index contributed by atoms with van der Waals surface area (Å²) in [5.74, 6) is -0.240. The molecule has 1 aliphatic heterocycles. The first kappa shape index (κ1) is 20.4. The first-order chi connectivity index (χ1) is 14.3. The number of carbonyl (C=O) groups is 2. The predicted molar refractivity (Wildman–Crippen MR) is 117 cm³/mol. The van der Waals surface area contributed by atoms with Gasteiger partial charge in [0.1, 0.15) is 0 Å². The monoisotopic (exact) mass is 407 g/mol. The average Bonchev–Trinajstić information content (AvgIpc) is 2.72. The first-order valence-electron chi connectivity index (χ1n) is 10.6. The summed E-state index contributed by atoms with van der Waals surface area (Å²) in [5, 5.41) is 17.8. The Morgan fingerprint density at radius 2 is 1.87 bits per heavy atom. The van der Waals surface area contributed by atoms with Crippen molar-refractivity contribution in [3.05, 3.63) is 59.2 Å².